The number of nitrogens with one attached hydrogen (secondary N) is 1. The van der Waals surface area contributed by atoms with Gasteiger partial charge in [-0.25, -0.2) is 0 Å². The quantitative estimate of drug-likeness (QED) is 0.914. The van der Waals surface area contributed by atoms with E-state index in [-0.39, 0.29) is 6.04 Å². The molecular weight excluding hydrogens is 246 g/mol. The molecule has 2 heterocycles. The number of halogens is 1. The van der Waals surface area contributed by atoms with Gasteiger partial charge < -0.3 is 9.73 Å². The molecule has 1 atom stereocenters. The van der Waals surface area contributed by atoms with Crippen molar-refractivity contribution in [2.24, 2.45) is 0 Å². The van der Waals surface area contributed by atoms with Crippen LogP contribution in [0.3, 0.4) is 0 Å². The molecule has 86 valence electrons. The molecule has 0 spiro atoms. The van der Waals surface area contributed by atoms with Gasteiger partial charge in [0, 0.05) is 0 Å². The Kier molecular flexibility index (Phi) is 3.58. The van der Waals surface area contributed by atoms with Crippen molar-refractivity contribution in [1.82, 2.24) is 15.5 Å². The number of rotatable bonds is 4. The first-order valence-electron chi connectivity index (χ1n) is 5.03. The zero-order valence-electron chi connectivity index (χ0n) is 9.03. The lowest BCUT2D eigenvalue weighted by Crippen LogP contribution is -2.17. The number of aromatic nitrogens is 2. The second kappa shape index (κ2) is 4.95. The average Bonchev–Trinajstić information content (AvgIpc) is 2.85. The van der Waals surface area contributed by atoms with Crippen LogP contribution in [-0.2, 0) is 0 Å². The molecule has 6 heteroatoms. The van der Waals surface area contributed by atoms with Gasteiger partial charge in [0.2, 0.25) is 5.89 Å². The van der Waals surface area contributed by atoms with Gasteiger partial charge in [0.15, 0.2) is 0 Å². The zero-order chi connectivity index (χ0) is 11.5. The van der Waals surface area contributed by atoms with Crippen LogP contribution in [0.4, 0.5) is 0 Å². The standard InChI is InChI=1S/C10H12ClN3OS/c1-3-12-6(2)9-13-14-10(15-9)7-4-5-8(11)16-7/h4-6,12H,3H2,1-2H3. The summed E-state index contributed by atoms with van der Waals surface area (Å²) in [7, 11) is 0. The van der Waals surface area contributed by atoms with E-state index in [0.29, 0.717) is 11.8 Å². The average molecular weight is 258 g/mol. The molecule has 4 nitrogen and oxygen atoms in total. The van der Waals surface area contributed by atoms with Crippen molar-refractivity contribution in [2.75, 3.05) is 6.54 Å². The molecule has 2 aromatic heterocycles. The summed E-state index contributed by atoms with van der Waals surface area (Å²) in [6, 6.07) is 3.77. The number of thiophene rings is 1. The molecule has 0 fully saturated rings. The first-order chi connectivity index (χ1) is 7.70. The van der Waals surface area contributed by atoms with Gasteiger partial charge in [0.25, 0.3) is 5.89 Å². The van der Waals surface area contributed by atoms with Gasteiger partial charge in [0.1, 0.15) is 0 Å². The fraction of sp³-hybridized carbons (Fsp3) is 0.400. The smallest absolute Gasteiger partial charge is 0.257 e. The minimum Gasteiger partial charge on any atom is -0.418 e. The highest BCUT2D eigenvalue weighted by atomic mass is 35.5. The van der Waals surface area contributed by atoms with Crippen LogP contribution < -0.4 is 5.32 Å². The van der Waals surface area contributed by atoms with Gasteiger partial charge in [-0.3, -0.25) is 0 Å². The first-order valence-corrected chi connectivity index (χ1v) is 6.22. The molecular formula is C10H12ClN3OS. The minimum atomic E-state index is 0.0710. The van der Waals surface area contributed by atoms with Crippen LogP contribution in [-0.4, -0.2) is 16.7 Å². The summed E-state index contributed by atoms with van der Waals surface area (Å²) < 4.78 is 6.28. The van der Waals surface area contributed by atoms with Gasteiger partial charge in [0.05, 0.1) is 15.3 Å². The molecule has 0 saturated carbocycles. The van der Waals surface area contributed by atoms with E-state index >= 15 is 0 Å². The largest absolute Gasteiger partial charge is 0.418 e. The Morgan fingerprint density at radius 2 is 2.31 bits per heavy atom. The molecule has 0 saturated heterocycles. The van der Waals surface area contributed by atoms with Crippen molar-refractivity contribution in [3.8, 4) is 10.8 Å². The highest BCUT2D eigenvalue weighted by Gasteiger charge is 2.14. The van der Waals surface area contributed by atoms with E-state index in [9.17, 15) is 0 Å². The van der Waals surface area contributed by atoms with Crippen LogP contribution in [0.1, 0.15) is 25.8 Å². The third kappa shape index (κ3) is 2.42. The van der Waals surface area contributed by atoms with Crippen LogP contribution in [0.2, 0.25) is 4.34 Å². The second-order valence-electron chi connectivity index (χ2n) is 3.33. The fourth-order valence-electron chi connectivity index (χ4n) is 1.33. The molecule has 16 heavy (non-hydrogen) atoms. The SMILES string of the molecule is CCNC(C)c1nnc(-c2ccc(Cl)s2)o1. The lowest BCUT2D eigenvalue weighted by atomic mass is 10.3. The lowest BCUT2D eigenvalue weighted by molar-refractivity contribution is 0.429. The Morgan fingerprint density at radius 3 is 2.94 bits per heavy atom. The highest BCUT2D eigenvalue weighted by molar-refractivity contribution is 7.19. The Balaban J connectivity index is 2.19. The van der Waals surface area contributed by atoms with Crippen LogP contribution in [0, 0.1) is 0 Å². The highest BCUT2D eigenvalue weighted by Crippen LogP contribution is 2.30. The van der Waals surface area contributed by atoms with E-state index in [2.05, 4.69) is 15.5 Å². The number of nitrogens with zero attached hydrogens (tertiary/aromatic N) is 2. The molecule has 0 aromatic carbocycles. The van der Waals surface area contributed by atoms with Crippen LogP contribution in [0.15, 0.2) is 16.5 Å². The Bertz CT molecular complexity index is 468. The number of hydrogen-bond donors (Lipinski definition) is 1. The third-order valence-corrected chi connectivity index (χ3v) is 3.32. The topological polar surface area (TPSA) is 51.0 Å². The molecule has 0 amide bonds. The summed E-state index contributed by atoms with van der Waals surface area (Å²) in [6.07, 6.45) is 0. The lowest BCUT2D eigenvalue weighted by Gasteiger charge is -2.05. The Labute approximate surface area is 103 Å². The van der Waals surface area contributed by atoms with Gasteiger partial charge in [-0.2, -0.15) is 0 Å². The van der Waals surface area contributed by atoms with Gasteiger partial charge in [-0.15, -0.1) is 21.5 Å². The van der Waals surface area contributed by atoms with Crippen molar-refractivity contribution in [3.05, 3.63) is 22.4 Å². The molecule has 0 radical (unpaired) electrons. The van der Waals surface area contributed by atoms with Crippen molar-refractivity contribution in [2.45, 2.75) is 19.9 Å². The van der Waals surface area contributed by atoms with Gasteiger partial charge in [-0.1, -0.05) is 18.5 Å². The molecule has 2 rings (SSSR count). The second-order valence-corrected chi connectivity index (χ2v) is 5.04. The summed E-state index contributed by atoms with van der Waals surface area (Å²) in [5, 5.41) is 11.2. The van der Waals surface area contributed by atoms with Crippen LogP contribution in [0.5, 0.6) is 0 Å². The molecule has 0 aliphatic rings. The predicted octanol–water partition coefficient (Wildman–Crippen LogP) is 3.12. The summed E-state index contributed by atoms with van der Waals surface area (Å²) in [4.78, 5) is 0.896. The third-order valence-electron chi connectivity index (χ3n) is 2.11. The Morgan fingerprint density at radius 1 is 1.50 bits per heavy atom. The summed E-state index contributed by atoms with van der Waals surface area (Å²) in [5.74, 6) is 1.12. The van der Waals surface area contributed by atoms with Crippen LogP contribution in [0.25, 0.3) is 10.8 Å². The van der Waals surface area contributed by atoms with Crippen molar-refractivity contribution < 1.29 is 4.42 Å². The monoisotopic (exact) mass is 257 g/mol. The summed E-state index contributed by atoms with van der Waals surface area (Å²) >= 11 is 7.27. The number of hydrogen-bond acceptors (Lipinski definition) is 5. The maximum atomic E-state index is 5.85. The van der Waals surface area contributed by atoms with E-state index in [1.54, 1.807) is 0 Å². The fourth-order valence-corrected chi connectivity index (χ4v) is 2.30. The normalized spacial score (nSPS) is 12.9. The van der Waals surface area contributed by atoms with E-state index in [1.807, 2.05) is 26.0 Å². The molecule has 0 bridgehead atoms. The maximum Gasteiger partial charge on any atom is 0.257 e. The van der Waals surface area contributed by atoms with E-state index in [0.717, 1.165) is 15.8 Å². The Hall–Kier alpha value is -0.910. The van der Waals surface area contributed by atoms with Crippen molar-refractivity contribution >= 4 is 22.9 Å². The molecule has 2 aromatic rings. The molecule has 1 unspecified atom stereocenters. The first kappa shape index (κ1) is 11.6. The summed E-state index contributed by atoms with van der Waals surface area (Å²) in [6.45, 7) is 4.89. The van der Waals surface area contributed by atoms with Crippen molar-refractivity contribution in [3.63, 3.8) is 0 Å². The van der Waals surface area contributed by atoms with Gasteiger partial charge >= 0.3 is 0 Å². The van der Waals surface area contributed by atoms with Crippen LogP contribution >= 0.6 is 22.9 Å². The van der Waals surface area contributed by atoms with E-state index in [1.165, 1.54) is 11.3 Å². The zero-order valence-corrected chi connectivity index (χ0v) is 10.6. The summed E-state index contributed by atoms with van der Waals surface area (Å²) in [5.41, 5.74) is 0. The minimum absolute atomic E-state index is 0.0710. The predicted molar refractivity (Wildman–Crippen MR) is 64.7 cm³/mol. The maximum absolute atomic E-state index is 5.85. The van der Waals surface area contributed by atoms with E-state index in [4.69, 9.17) is 16.0 Å². The molecule has 1 N–H and O–H groups in total. The van der Waals surface area contributed by atoms with Gasteiger partial charge in [-0.05, 0) is 25.6 Å². The molecule has 0 aliphatic heterocycles. The van der Waals surface area contributed by atoms with Crippen molar-refractivity contribution in [1.29, 1.82) is 0 Å². The van der Waals surface area contributed by atoms with E-state index < -0.39 is 0 Å². The molecule has 0 aliphatic carbocycles.